The van der Waals surface area contributed by atoms with Crippen molar-refractivity contribution in [1.29, 1.82) is 0 Å². The molecule has 2 rings (SSSR count). The van der Waals surface area contributed by atoms with Crippen LogP contribution in [0.25, 0.3) is 0 Å². The summed E-state index contributed by atoms with van der Waals surface area (Å²) in [5.74, 6) is -0.542. The van der Waals surface area contributed by atoms with Gasteiger partial charge in [-0.3, -0.25) is 0 Å². The van der Waals surface area contributed by atoms with Gasteiger partial charge in [0.15, 0.2) is 0 Å². The Morgan fingerprint density at radius 3 is 2.27 bits per heavy atom. The van der Waals surface area contributed by atoms with Gasteiger partial charge in [-0.15, -0.1) is 0 Å². The first-order valence-electron chi connectivity index (χ1n) is 6.84. The van der Waals surface area contributed by atoms with E-state index >= 15 is 0 Å². The average Bonchev–Trinajstić information content (AvgIpc) is 2.54. The van der Waals surface area contributed by atoms with Crippen LogP contribution < -0.4 is 8.39 Å². The van der Waals surface area contributed by atoms with Crippen LogP contribution in [0.1, 0.15) is 17.3 Å². The van der Waals surface area contributed by atoms with Crippen molar-refractivity contribution in [2.45, 2.75) is 6.92 Å². The van der Waals surface area contributed by atoms with E-state index in [-0.39, 0.29) is 11.9 Å². The van der Waals surface area contributed by atoms with Gasteiger partial charge < -0.3 is 0 Å². The van der Waals surface area contributed by atoms with Gasteiger partial charge in [0.2, 0.25) is 0 Å². The fraction of sp³-hybridized carbons (Fsp3) is 0.0588. The number of carbonyl (C=O) groups is 2. The molecule has 2 aromatic rings. The van der Waals surface area contributed by atoms with Gasteiger partial charge in [-0.05, 0) is 0 Å². The number of nitrogens with one attached hydrogen (secondary N) is 1. The van der Waals surface area contributed by atoms with Gasteiger partial charge >= 0.3 is 142 Å². The zero-order chi connectivity index (χ0) is 15.9. The SMILES string of the molecule is C=C(C)C(=O)Nc1ccc(C(=O)[O][Hg][c]2ccccc2)cc1. The monoisotopic (exact) mass is 483 g/mol. The Labute approximate surface area is 142 Å². The van der Waals surface area contributed by atoms with Gasteiger partial charge in [0, 0.05) is 0 Å². The molecule has 0 spiro atoms. The maximum absolute atomic E-state index is 12.0. The number of amides is 1. The molecule has 0 saturated heterocycles. The van der Waals surface area contributed by atoms with Crippen LogP contribution in [0.5, 0.6) is 0 Å². The van der Waals surface area contributed by atoms with Crippen LogP contribution in [0, 0.1) is 0 Å². The summed E-state index contributed by atoms with van der Waals surface area (Å²) in [6, 6.07) is 16.5. The summed E-state index contributed by atoms with van der Waals surface area (Å²) in [4.78, 5) is 23.5. The molecule has 0 radical (unpaired) electrons. The van der Waals surface area contributed by atoms with Crippen molar-refractivity contribution in [3.05, 3.63) is 72.3 Å². The third kappa shape index (κ3) is 4.81. The van der Waals surface area contributed by atoms with Gasteiger partial charge in [-0.1, -0.05) is 0 Å². The van der Waals surface area contributed by atoms with Crippen molar-refractivity contribution < 1.29 is 37.3 Å². The van der Waals surface area contributed by atoms with Crippen LogP contribution in [-0.4, -0.2) is 11.9 Å². The van der Waals surface area contributed by atoms with Crippen LogP contribution in [0.2, 0.25) is 0 Å². The van der Waals surface area contributed by atoms with Crippen molar-refractivity contribution in [2.75, 3.05) is 5.32 Å². The molecule has 0 unspecified atom stereocenters. The number of benzene rings is 2. The third-order valence-electron chi connectivity index (χ3n) is 2.98. The predicted octanol–water partition coefficient (Wildman–Crippen LogP) is 2.68. The van der Waals surface area contributed by atoms with Gasteiger partial charge in [-0.25, -0.2) is 0 Å². The third-order valence-corrected chi connectivity index (χ3v) is 7.69. The van der Waals surface area contributed by atoms with E-state index in [0.717, 1.165) is 3.07 Å². The molecule has 0 bridgehead atoms. The summed E-state index contributed by atoms with van der Waals surface area (Å²) in [7, 11) is 0. The molecule has 0 atom stereocenters. The van der Waals surface area contributed by atoms with Gasteiger partial charge in [-0.2, -0.15) is 0 Å². The summed E-state index contributed by atoms with van der Waals surface area (Å²) >= 11 is -1.85. The number of hydrogen-bond acceptors (Lipinski definition) is 3. The summed E-state index contributed by atoms with van der Waals surface area (Å²) in [5, 5.41) is 2.69. The minimum absolute atomic E-state index is 0.240. The Morgan fingerprint density at radius 2 is 1.68 bits per heavy atom. The Balaban J connectivity index is 1.93. The second kappa shape index (κ2) is 7.89. The van der Waals surface area contributed by atoms with Crippen molar-refractivity contribution >= 4 is 20.6 Å². The molecule has 22 heavy (non-hydrogen) atoms. The van der Waals surface area contributed by atoms with Crippen LogP contribution >= 0.6 is 0 Å². The molecule has 1 amide bonds. The van der Waals surface area contributed by atoms with E-state index in [2.05, 4.69) is 11.9 Å². The molecular formula is C17H15HgNO3. The van der Waals surface area contributed by atoms with Gasteiger partial charge in [0.1, 0.15) is 0 Å². The van der Waals surface area contributed by atoms with Crippen LogP contribution in [0.15, 0.2) is 66.7 Å². The zero-order valence-electron chi connectivity index (χ0n) is 12.3. The topological polar surface area (TPSA) is 55.4 Å². The average molecular weight is 482 g/mol. The fourth-order valence-corrected chi connectivity index (χ4v) is 5.35. The van der Waals surface area contributed by atoms with E-state index in [0.29, 0.717) is 16.8 Å². The van der Waals surface area contributed by atoms with E-state index in [1.54, 1.807) is 31.2 Å². The van der Waals surface area contributed by atoms with Crippen molar-refractivity contribution in [1.82, 2.24) is 0 Å². The van der Waals surface area contributed by atoms with Gasteiger partial charge in [0.05, 0.1) is 0 Å². The van der Waals surface area contributed by atoms with Gasteiger partial charge in [0.25, 0.3) is 0 Å². The number of carbonyl (C=O) groups excluding carboxylic acids is 2. The van der Waals surface area contributed by atoms with Crippen molar-refractivity contribution in [3.8, 4) is 0 Å². The minimum atomic E-state index is -1.85. The Kier molecular flexibility index (Phi) is 5.89. The standard InChI is InChI=1S/C11H11NO3.C6H5.Hg/c1-7(2)10(13)12-9-5-3-8(4-6-9)11(14)15;1-2-4-6-5-3-1;/h3-6H,1H2,2H3,(H,12,13)(H,14,15);1-5H;/q;;+1/p-1. The molecule has 5 heteroatoms. The molecule has 0 aliphatic heterocycles. The number of rotatable bonds is 5. The quantitative estimate of drug-likeness (QED) is 0.528. The molecule has 108 valence electrons. The number of hydrogen-bond donors (Lipinski definition) is 1. The maximum atomic E-state index is 12.0. The molecule has 0 saturated carbocycles. The molecule has 2 aromatic carbocycles. The summed E-state index contributed by atoms with van der Waals surface area (Å²) in [5.41, 5.74) is 1.54. The van der Waals surface area contributed by atoms with E-state index in [1.165, 1.54) is 0 Å². The first-order chi connectivity index (χ1) is 10.6. The van der Waals surface area contributed by atoms with Crippen LogP contribution in [0.3, 0.4) is 0 Å². The fourth-order valence-electron chi connectivity index (χ4n) is 1.73. The predicted molar refractivity (Wildman–Crippen MR) is 81.4 cm³/mol. The normalized spacial score (nSPS) is 9.50. The summed E-state index contributed by atoms with van der Waals surface area (Å²) in [6.07, 6.45) is 0. The second-order valence-corrected chi connectivity index (χ2v) is 10.3. The first kappa shape index (κ1) is 16.4. The summed E-state index contributed by atoms with van der Waals surface area (Å²) in [6.45, 7) is 5.21. The van der Waals surface area contributed by atoms with E-state index < -0.39 is 25.0 Å². The molecule has 0 heterocycles. The Morgan fingerprint density at radius 1 is 1.05 bits per heavy atom. The number of anilines is 1. The zero-order valence-corrected chi connectivity index (χ0v) is 17.8. The van der Waals surface area contributed by atoms with Crippen LogP contribution in [0.4, 0.5) is 5.69 Å². The van der Waals surface area contributed by atoms with Crippen molar-refractivity contribution in [2.24, 2.45) is 0 Å². The van der Waals surface area contributed by atoms with Crippen molar-refractivity contribution in [3.63, 3.8) is 0 Å². The molecule has 0 fully saturated rings. The summed E-state index contributed by atoms with van der Waals surface area (Å²) < 4.78 is 6.61. The second-order valence-electron chi connectivity index (χ2n) is 4.87. The Bertz CT molecular complexity index is 681. The molecule has 0 aliphatic rings. The Hall–Kier alpha value is -1.94. The van der Waals surface area contributed by atoms with Crippen LogP contribution in [-0.2, 0) is 32.5 Å². The van der Waals surface area contributed by atoms with E-state index in [1.807, 2.05) is 30.3 Å². The first-order valence-corrected chi connectivity index (χ1v) is 11.8. The van der Waals surface area contributed by atoms with E-state index in [9.17, 15) is 9.59 Å². The molecular weight excluding hydrogens is 467 g/mol. The van der Waals surface area contributed by atoms with E-state index in [4.69, 9.17) is 2.64 Å². The molecule has 0 aliphatic carbocycles. The molecule has 1 N–H and O–H groups in total. The molecule has 4 nitrogen and oxygen atoms in total. The molecule has 0 aromatic heterocycles.